The lowest BCUT2D eigenvalue weighted by Crippen LogP contribution is -2.24. The summed E-state index contributed by atoms with van der Waals surface area (Å²) >= 11 is 6.51. The predicted octanol–water partition coefficient (Wildman–Crippen LogP) is 2.44. The molecule has 1 saturated carbocycles. The number of aromatic amines is 1. The van der Waals surface area contributed by atoms with Crippen LogP contribution in [-0.2, 0) is 22.7 Å². The molecule has 1 aromatic carbocycles. The molecular formula is C24H23ClN6O6. The number of tetrazole rings is 1. The number of H-pyrrole nitrogens is 1. The number of carbonyl (C=O) groups excluding carboxylic acids is 1. The predicted molar refractivity (Wildman–Crippen MR) is 130 cm³/mol. The molecule has 1 amide bonds. The fraction of sp³-hybridized carbons (Fsp3) is 0.333. The van der Waals surface area contributed by atoms with E-state index in [0.29, 0.717) is 53.2 Å². The zero-order valence-electron chi connectivity index (χ0n) is 19.6. The Morgan fingerprint density at radius 2 is 2.11 bits per heavy atom. The van der Waals surface area contributed by atoms with Crippen LogP contribution in [0.1, 0.15) is 41.4 Å². The van der Waals surface area contributed by atoms with E-state index in [-0.39, 0.29) is 24.1 Å². The fourth-order valence-corrected chi connectivity index (χ4v) is 4.22. The third-order valence-electron chi connectivity index (χ3n) is 5.98. The number of cyclic esters (lactones) is 1. The van der Waals surface area contributed by atoms with Crippen LogP contribution in [-0.4, -0.2) is 67.0 Å². The monoisotopic (exact) mass is 526 g/mol. The third-order valence-corrected chi connectivity index (χ3v) is 6.27. The molecule has 2 aliphatic rings. The molecule has 192 valence electrons. The number of pyridine rings is 1. The van der Waals surface area contributed by atoms with Crippen molar-refractivity contribution in [3.8, 4) is 5.75 Å². The van der Waals surface area contributed by atoms with E-state index in [1.54, 1.807) is 23.1 Å². The van der Waals surface area contributed by atoms with Crippen LogP contribution in [0.4, 0.5) is 4.79 Å². The average Bonchev–Trinajstić information content (AvgIpc) is 3.47. The largest absolute Gasteiger partial charge is 0.484 e. The third kappa shape index (κ3) is 5.80. The first-order chi connectivity index (χ1) is 17.9. The quantitative estimate of drug-likeness (QED) is 0.405. The molecular weight excluding hydrogens is 504 g/mol. The van der Waals surface area contributed by atoms with Gasteiger partial charge in [0.2, 0.25) is 5.82 Å². The molecule has 2 N–H and O–H groups in total. The summed E-state index contributed by atoms with van der Waals surface area (Å²) in [6, 6.07) is 8.89. The maximum Gasteiger partial charge on any atom is 0.410 e. The lowest BCUT2D eigenvalue weighted by atomic mass is 10.0. The van der Waals surface area contributed by atoms with Crippen LogP contribution in [0.25, 0.3) is 5.57 Å². The zero-order valence-corrected chi connectivity index (χ0v) is 20.3. The summed E-state index contributed by atoms with van der Waals surface area (Å²) in [4.78, 5) is 40.9. The second-order valence-corrected chi connectivity index (χ2v) is 9.08. The number of aliphatic carboxylic acids is 1. The lowest BCUT2D eigenvalue weighted by Gasteiger charge is -2.14. The Labute approximate surface area is 215 Å². The highest BCUT2D eigenvalue weighted by molar-refractivity contribution is 6.32. The Morgan fingerprint density at radius 1 is 1.27 bits per heavy atom. The first-order valence-electron chi connectivity index (χ1n) is 11.6. The smallest absolute Gasteiger partial charge is 0.410 e. The summed E-state index contributed by atoms with van der Waals surface area (Å²) in [7, 11) is 0. The Balaban J connectivity index is 1.38. The van der Waals surface area contributed by atoms with Crippen molar-refractivity contribution in [1.29, 1.82) is 0 Å². The minimum Gasteiger partial charge on any atom is -0.484 e. The van der Waals surface area contributed by atoms with Gasteiger partial charge in [-0.3, -0.25) is 9.59 Å². The van der Waals surface area contributed by atoms with Crippen LogP contribution >= 0.6 is 11.6 Å². The van der Waals surface area contributed by atoms with E-state index >= 15 is 0 Å². The number of amides is 1. The summed E-state index contributed by atoms with van der Waals surface area (Å²) in [6.45, 7) is 0.656. The topological polar surface area (TPSA) is 153 Å². The molecule has 37 heavy (non-hydrogen) atoms. The molecule has 3 aromatic rings. The number of rotatable bonds is 10. The van der Waals surface area contributed by atoms with Crippen LogP contribution in [0, 0.1) is 0 Å². The van der Waals surface area contributed by atoms with Gasteiger partial charge in [0.15, 0.2) is 13.2 Å². The van der Waals surface area contributed by atoms with Gasteiger partial charge < -0.3 is 24.5 Å². The van der Waals surface area contributed by atoms with Gasteiger partial charge in [-0.05, 0) is 47.7 Å². The van der Waals surface area contributed by atoms with Gasteiger partial charge in [0.05, 0.1) is 11.6 Å². The van der Waals surface area contributed by atoms with Gasteiger partial charge in [-0.2, -0.15) is 4.80 Å². The number of benzene rings is 1. The van der Waals surface area contributed by atoms with Crippen LogP contribution in [0.3, 0.4) is 0 Å². The molecule has 2 fully saturated rings. The Bertz CT molecular complexity index is 1430. The highest BCUT2D eigenvalue weighted by Crippen LogP contribution is 2.38. The molecule has 0 atom stereocenters. The Kier molecular flexibility index (Phi) is 6.91. The number of carboxylic acid groups (broad SMARTS) is 1. The molecule has 13 heteroatoms. The summed E-state index contributed by atoms with van der Waals surface area (Å²) in [5, 5.41) is 20.5. The number of nitrogens with zero attached hydrogens (tertiary/aromatic N) is 5. The minimum absolute atomic E-state index is 0.0611. The van der Waals surface area contributed by atoms with E-state index in [1.165, 1.54) is 0 Å². The van der Waals surface area contributed by atoms with Crippen molar-refractivity contribution in [2.45, 2.75) is 31.9 Å². The second-order valence-electron chi connectivity index (χ2n) is 8.67. The maximum atomic E-state index is 12.7. The summed E-state index contributed by atoms with van der Waals surface area (Å²) in [5.74, 6) is -0.207. The van der Waals surface area contributed by atoms with Crippen molar-refractivity contribution in [3.63, 3.8) is 0 Å². The van der Waals surface area contributed by atoms with Crippen molar-refractivity contribution in [2.24, 2.45) is 0 Å². The van der Waals surface area contributed by atoms with Gasteiger partial charge in [-0.1, -0.05) is 29.8 Å². The SMILES string of the molecule is O=C(O)Cn1nnc(COc2ccc(/C(=C\CN3CCOC3=O)c3ccc(C4CC4)c(=O)[nH]3)cc2Cl)n1. The molecule has 1 aliphatic carbocycles. The first-order valence-corrected chi connectivity index (χ1v) is 12.0. The highest BCUT2D eigenvalue weighted by Gasteiger charge is 2.26. The van der Waals surface area contributed by atoms with E-state index in [0.717, 1.165) is 23.2 Å². The number of aromatic nitrogens is 5. The Hall–Kier alpha value is -4.19. The summed E-state index contributed by atoms with van der Waals surface area (Å²) < 4.78 is 10.7. The maximum absolute atomic E-state index is 12.7. The molecule has 12 nitrogen and oxygen atoms in total. The van der Waals surface area contributed by atoms with Gasteiger partial charge in [0.1, 0.15) is 12.4 Å². The average molecular weight is 527 g/mol. The van der Waals surface area contributed by atoms with Crippen molar-refractivity contribution in [2.75, 3.05) is 19.7 Å². The van der Waals surface area contributed by atoms with Crippen molar-refractivity contribution < 1.29 is 24.2 Å². The number of ether oxygens (including phenoxy) is 2. The standard InChI is InChI=1S/C24H23ClN6O6/c25-18-11-15(3-6-20(18)37-13-21-27-29-31(28-21)12-22(32)33)16(7-8-30-9-10-36-24(30)35)19-5-4-17(14-1-2-14)23(34)26-19/h3-7,11,14H,1-2,8-10,12-13H2,(H,26,34)(H,32,33)/b16-7+. The number of halogens is 1. The number of carbonyl (C=O) groups is 2. The summed E-state index contributed by atoms with van der Waals surface area (Å²) in [5.41, 5.74) is 2.67. The van der Waals surface area contributed by atoms with Gasteiger partial charge in [-0.25, -0.2) is 4.79 Å². The van der Waals surface area contributed by atoms with E-state index in [4.69, 9.17) is 26.2 Å². The van der Waals surface area contributed by atoms with Crippen LogP contribution < -0.4 is 10.3 Å². The molecule has 1 saturated heterocycles. The van der Waals surface area contributed by atoms with Crippen molar-refractivity contribution in [1.82, 2.24) is 30.1 Å². The van der Waals surface area contributed by atoms with Crippen LogP contribution in [0.5, 0.6) is 5.75 Å². The molecule has 0 spiro atoms. The van der Waals surface area contributed by atoms with Gasteiger partial charge in [-0.15, -0.1) is 10.2 Å². The molecule has 5 rings (SSSR count). The highest BCUT2D eigenvalue weighted by atomic mass is 35.5. The van der Waals surface area contributed by atoms with E-state index in [1.807, 2.05) is 18.2 Å². The molecule has 3 heterocycles. The summed E-state index contributed by atoms with van der Waals surface area (Å²) in [6.07, 6.45) is 3.50. The molecule has 0 unspecified atom stereocenters. The van der Waals surface area contributed by atoms with Gasteiger partial charge in [0.25, 0.3) is 5.56 Å². The number of nitrogens with one attached hydrogen (secondary N) is 1. The normalized spacial score (nSPS) is 15.6. The van der Waals surface area contributed by atoms with Gasteiger partial charge in [0, 0.05) is 23.4 Å². The molecule has 0 radical (unpaired) electrons. The molecule has 0 bridgehead atoms. The first kappa shape index (κ1) is 24.5. The number of carboxylic acids is 1. The second kappa shape index (κ2) is 10.4. The fourth-order valence-electron chi connectivity index (χ4n) is 3.98. The Morgan fingerprint density at radius 3 is 2.78 bits per heavy atom. The van der Waals surface area contributed by atoms with Crippen molar-refractivity contribution in [3.05, 3.63) is 74.4 Å². The minimum atomic E-state index is -1.09. The lowest BCUT2D eigenvalue weighted by molar-refractivity contribution is -0.138. The number of hydrogen-bond acceptors (Lipinski definition) is 8. The number of hydrogen-bond donors (Lipinski definition) is 2. The van der Waals surface area contributed by atoms with Crippen LogP contribution in [0.2, 0.25) is 5.02 Å². The van der Waals surface area contributed by atoms with Gasteiger partial charge >= 0.3 is 12.1 Å². The van der Waals surface area contributed by atoms with Crippen molar-refractivity contribution >= 4 is 29.2 Å². The molecule has 1 aliphatic heterocycles. The van der Waals surface area contributed by atoms with E-state index in [9.17, 15) is 14.4 Å². The van der Waals surface area contributed by atoms with E-state index in [2.05, 4.69) is 20.4 Å². The molecule has 2 aromatic heterocycles. The van der Waals surface area contributed by atoms with E-state index < -0.39 is 12.5 Å². The van der Waals surface area contributed by atoms with Crippen LogP contribution in [0.15, 0.2) is 41.2 Å². The zero-order chi connectivity index (χ0) is 25.9.